The molecule has 0 aromatic carbocycles. The number of pyridine rings is 1. The first-order valence-corrected chi connectivity index (χ1v) is 4.68. The highest BCUT2D eigenvalue weighted by Crippen LogP contribution is 1.99. The lowest BCUT2D eigenvalue weighted by Gasteiger charge is -1.99. The first kappa shape index (κ1) is 10.1. The smallest absolute Gasteiger partial charge is 0.268 e. The number of hydrogen-bond acceptors (Lipinski definition) is 4. The fraction of sp³-hybridized carbons (Fsp3) is 0.0909. The number of nitriles is 1. The average Bonchev–Trinajstić information content (AvgIpc) is 2.31. The van der Waals surface area contributed by atoms with Crippen molar-refractivity contribution in [2.24, 2.45) is 0 Å². The van der Waals surface area contributed by atoms with E-state index in [0.717, 1.165) is 5.69 Å². The Hall–Kier alpha value is -2.48. The molecule has 2 aromatic rings. The minimum absolute atomic E-state index is 0.0183. The first-order chi connectivity index (χ1) is 7.79. The molecule has 0 aliphatic rings. The lowest BCUT2D eigenvalue weighted by atomic mass is 10.2. The molecule has 0 unspecified atom stereocenters. The van der Waals surface area contributed by atoms with Gasteiger partial charge in [-0.25, -0.2) is 4.98 Å². The van der Waals surface area contributed by atoms with Crippen molar-refractivity contribution in [3.8, 4) is 6.07 Å². The van der Waals surface area contributed by atoms with E-state index in [1.165, 1.54) is 6.20 Å². The summed E-state index contributed by atoms with van der Waals surface area (Å²) in [5.41, 5.74) is 0.420. The third kappa shape index (κ3) is 2.12. The van der Waals surface area contributed by atoms with Crippen LogP contribution >= 0.6 is 0 Å². The summed E-state index contributed by atoms with van der Waals surface area (Å²) in [6, 6.07) is 7.29. The molecule has 2 rings (SSSR count). The van der Waals surface area contributed by atoms with E-state index in [2.05, 4.69) is 15.0 Å². The second-order valence-corrected chi connectivity index (χ2v) is 3.18. The molecule has 0 radical (unpaired) electrons. The molecule has 16 heavy (non-hydrogen) atoms. The van der Waals surface area contributed by atoms with Crippen LogP contribution in [0.15, 0.2) is 35.4 Å². The molecular weight excluding hydrogens is 204 g/mol. The summed E-state index contributed by atoms with van der Waals surface area (Å²) >= 11 is 0. The average molecular weight is 212 g/mol. The van der Waals surface area contributed by atoms with Gasteiger partial charge in [-0.1, -0.05) is 6.07 Å². The topological polar surface area (TPSA) is 82.4 Å². The van der Waals surface area contributed by atoms with E-state index >= 15 is 0 Å². The van der Waals surface area contributed by atoms with Crippen molar-refractivity contribution in [2.45, 2.75) is 6.42 Å². The maximum absolute atomic E-state index is 11.3. The Labute approximate surface area is 91.4 Å². The molecule has 0 saturated carbocycles. The lowest BCUT2D eigenvalue weighted by molar-refractivity contribution is 0.914. The second kappa shape index (κ2) is 4.36. The SMILES string of the molecule is N#Cc1cnc(Cc2ccccn2)[nH]c1=O. The molecule has 5 nitrogen and oxygen atoms in total. The molecule has 2 heterocycles. The summed E-state index contributed by atoms with van der Waals surface area (Å²) in [5, 5.41) is 8.58. The molecular formula is C11H8N4O. The molecule has 0 spiro atoms. The molecule has 0 fully saturated rings. The van der Waals surface area contributed by atoms with Gasteiger partial charge in [0, 0.05) is 18.3 Å². The van der Waals surface area contributed by atoms with Crippen molar-refractivity contribution >= 4 is 0 Å². The van der Waals surface area contributed by atoms with E-state index in [9.17, 15) is 4.79 Å². The van der Waals surface area contributed by atoms with Gasteiger partial charge < -0.3 is 4.98 Å². The summed E-state index contributed by atoms with van der Waals surface area (Å²) in [6.45, 7) is 0. The van der Waals surface area contributed by atoms with Gasteiger partial charge in [0.15, 0.2) is 0 Å². The zero-order chi connectivity index (χ0) is 11.4. The number of hydrogen-bond donors (Lipinski definition) is 1. The Morgan fingerprint density at radius 2 is 2.25 bits per heavy atom. The van der Waals surface area contributed by atoms with Gasteiger partial charge in [0.05, 0.1) is 6.20 Å². The van der Waals surface area contributed by atoms with Crippen LogP contribution in [0.2, 0.25) is 0 Å². The molecule has 0 aliphatic heterocycles. The van der Waals surface area contributed by atoms with Crippen LogP contribution in [0.1, 0.15) is 17.1 Å². The maximum Gasteiger partial charge on any atom is 0.268 e. The highest BCUT2D eigenvalue weighted by molar-refractivity contribution is 5.22. The number of H-pyrrole nitrogens is 1. The van der Waals surface area contributed by atoms with Crippen molar-refractivity contribution in [3.05, 3.63) is 58.0 Å². The summed E-state index contributed by atoms with van der Waals surface area (Å²) in [7, 11) is 0. The van der Waals surface area contributed by atoms with Crippen LogP contribution in [-0.4, -0.2) is 15.0 Å². The van der Waals surface area contributed by atoms with E-state index in [-0.39, 0.29) is 5.56 Å². The van der Waals surface area contributed by atoms with Crippen molar-refractivity contribution < 1.29 is 0 Å². The Balaban J connectivity index is 2.28. The van der Waals surface area contributed by atoms with Crippen LogP contribution in [0.3, 0.4) is 0 Å². The number of aromatic amines is 1. The van der Waals surface area contributed by atoms with Gasteiger partial charge in [-0.05, 0) is 12.1 Å². The molecule has 1 N–H and O–H groups in total. The van der Waals surface area contributed by atoms with Gasteiger partial charge in [0.1, 0.15) is 17.5 Å². The van der Waals surface area contributed by atoms with Crippen LogP contribution in [0.4, 0.5) is 0 Å². The first-order valence-electron chi connectivity index (χ1n) is 4.68. The normalized spacial score (nSPS) is 9.69. The Kier molecular flexibility index (Phi) is 2.74. The molecule has 0 atom stereocenters. The number of nitrogens with one attached hydrogen (secondary N) is 1. The second-order valence-electron chi connectivity index (χ2n) is 3.18. The Morgan fingerprint density at radius 3 is 2.88 bits per heavy atom. The monoisotopic (exact) mass is 212 g/mol. The summed E-state index contributed by atoms with van der Waals surface area (Å²) in [6.07, 6.45) is 3.40. The van der Waals surface area contributed by atoms with Crippen molar-refractivity contribution in [2.75, 3.05) is 0 Å². The van der Waals surface area contributed by atoms with Gasteiger partial charge in [0.2, 0.25) is 0 Å². The van der Waals surface area contributed by atoms with Crippen LogP contribution in [0, 0.1) is 11.3 Å². The zero-order valence-electron chi connectivity index (χ0n) is 8.34. The third-order valence-corrected chi connectivity index (χ3v) is 2.05. The molecule has 0 amide bonds. The Morgan fingerprint density at radius 1 is 1.38 bits per heavy atom. The number of aromatic nitrogens is 3. The molecule has 5 heteroatoms. The van der Waals surface area contributed by atoms with Gasteiger partial charge >= 0.3 is 0 Å². The minimum Gasteiger partial charge on any atom is -0.309 e. The van der Waals surface area contributed by atoms with Crippen LogP contribution in [0.25, 0.3) is 0 Å². The largest absolute Gasteiger partial charge is 0.309 e. The van der Waals surface area contributed by atoms with Gasteiger partial charge in [-0.3, -0.25) is 9.78 Å². The van der Waals surface area contributed by atoms with E-state index in [1.807, 2.05) is 18.2 Å². The van der Waals surface area contributed by atoms with Gasteiger partial charge in [0.25, 0.3) is 5.56 Å². The molecule has 0 saturated heterocycles. The fourth-order valence-electron chi connectivity index (χ4n) is 1.28. The van der Waals surface area contributed by atoms with Gasteiger partial charge in [-0.15, -0.1) is 0 Å². The van der Waals surface area contributed by atoms with E-state index in [1.54, 1.807) is 12.3 Å². The third-order valence-electron chi connectivity index (χ3n) is 2.05. The van der Waals surface area contributed by atoms with Crippen LogP contribution in [-0.2, 0) is 6.42 Å². The number of rotatable bonds is 2. The predicted molar refractivity (Wildman–Crippen MR) is 56.6 cm³/mol. The highest BCUT2D eigenvalue weighted by atomic mass is 16.1. The van der Waals surface area contributed by atoms with Gasteiger partial charge in [-0.2, -0.15) is 5.26 Å². The van der Waals surface area contributed by atoms with E-state index in [4.69, 9.17) is 5.26 Å². The van der Waals surface area contributed by atoms with Crippen LogP contribution < -0.4 is 5.56 Å². The van der Waals surface area contributed by atoms with Crippen molar-refractivity contribution in [3.63, 3.8) is 0 Å². The van der Waals surface area contributed by atoms with Crippen molar-refractivity contribution in [1.29, 1.82) is 5.26 Å². The van der Waals surface area contributed by atoms with E-state index in [0.29, 0.717) is 12.2 Å². The van der Waals surface area contributed by atoms with E-state index < -0.39 is 5.56 Å². The number of nitrogens with zero attached hydrogens (tertiary/aromatic N) is 3. The zero-order valence-corrected chi connectivity index (χ0v) is 8.34. The lowest BCUT2D eigenvalue weighted by Crippen LogP contribution is -2.14. The molecule has 78 valence electrons. The fourth-order valence-corrected chi connectivity index (χ4v) is 1.28. The molecule has 2 aromatic heterocycles. The quantitative estimate of drug-likeness (QED) is 0.791. The van der Waals surface area contributed by atoms with Crippen molar-refractivity contribution in [1.82, 2.24) is 15.0 Å². The Bertz CT molecular complexity index is 583. The maximum atomic E-state index is 11.3. The summed E-state index contributed by atoms with van der Waals surface area (Å²) in [5.74, 6) is 0.503. The summed E-state index contributed by atoms with van der Waals surface area (Å²) < 4.78 is 0. The standard InChI is InChI=1S/C11H8N4O/c12-6-8-7-14-10(15-11(8)16)5-9-3-1-2-4-13-9/h1-4,7H,5H2,(H,14,15,16). The summed E-state index contributed by atoms with van der Waals surface area (Å²) in [4.78, 5) is 22.0. The molecule has 0 bridgehead atoms. The predicted octanol–water partition coefficient (Wildman–Crippen LogP) is 0.627. The molecule has 0 aliphatic carbocycles. The van der Waals surface area contributed by atoms with Crippen LogP contribution in [0.5, 0.6) is 0 Å². The highest BCUT2D eigenvalue weighted by Gasteiger charge is 2.02. The minimum atomic E-state index is -0.413.